The summed E-state index contributed by atoms with van der Waals surface area (Å²) >= 11 is 18.6. The lowest BCUT2D eigenvalue weighted by Crippen LogP contribution is -2.29. The van der Waals surface area contributed by atoms with Crippen LogP contribution in [0.2, 0.25) is 0 Å². The Morgan fingerprint density at radius 2 is 1.80 bits per heavy atom. The Morgan fingerprint density at radius 1 is 1.13 bits per heavy atom. The quantitative estimate of drug-likeness (QED) is 0.0979. The maximum atomic E-state index is 15.2. The maximum Gasteiger partial charge on any atom is 0.416 e. The lowest BCUT2D eigenvalue weighted by molar-refractivity contribution is -0.137. The number of anilines is 2. The predicted octanol–water partition coefficient (Wildman–Crippen LogP) is 7.57. The first-order valence-corrected chi connectivity index (χ1v) is 14.4. The van der Waals surface area contributed by atoms with E-state index in [0.29, 0.717) is 0 Å². The largest absolute Gasteiger partial charge is 0.416 e. The number of hydrogen-bond acceptors (Lipinski definition) is 4. The maximum absolute atomic E-state index is 15.2. The Kier molecular flexibility index (Phi) is 11.5. The van der Waals surface area contributed by atoms with Crippen molar-refractivity contribution in [2.75, 3.05) is 17.2 Å². The molecule has 0 heterocycles. The van der Waals surface area contributed by atoms with E-state index in [1.165, 1.54) is 32.1 Å². The Labute approximate surface area is 270 Å². The van der Waals surface area contributed by atoms with Crippen LogP contribution in [0.5, 0.6) is 0 Å². The molecule has 3 atom stereocenters. The number of amides is 3. The van der Waals surface area contributed by atoms with Gasteiger partial charge < -0.3 is 20.7 Å². The first-order chi connectivity index (χ1) is 20.9. The summed E-state index contributed by atoms with van der Waals surface area (Å²) in [5.74, 6) is -7.15. The van der Waals surface area contributed by atoms with E-state index in [1.54, 1.807) is 6.92 Å². The Bertz CT molecular complexity index is 1580. The molecule has 0 spiro atoms. The van der Waals surface area contributed by atoms with Gasteiger partial charge in [0.15, 0.2) is 5.82 Å². The van der Waals surface area contributed by atoms with E-state index in [1.807, 2.05) is 0 Å². The molecule has 0 aliphatic heterocycles. The van der Waals surface area contributed by atoms with Crippen LogP contribution in [0, 0.1) is 17.6 Å². The van der Waals surface area contributed by atoms with E-state index in [2.05, 4.69) is 22.5 Å². The van der Waals surface area contributed by atoms with Crippen LogP contribution in [-0.4, -0.2) is 34.8 Å². The van der Waals surface area contributed by atoms with Gasteiger partial charge in [0.25, 0.3) is 11.8 Å². The van der Waals surface area contributed by atoms with E-state index in [4.69, 9.17) is 39.5 Å². The molecule has 1 aliphatic rings. The SMILES string of the molecule is C=C(Cl)/C(=C\C(=C/C)NC(=O)[C@H]1[C@H](c2cccc(C(F)(F)F)c2)C1(Cl)Cl)C(=O)Nc1ccc(F)c(NC(=O)C(C)OCC)c1F. The molecule has 3 N–H and O–H groups in total. The van der Waals surface area contributed by atoms with Gasteiger partial charge in [-0.1, -0.05) is 42.5 Å². The van der Waals surface area contributed by atoms with E-state index in [0.717, 1.165) is 30.3 Å². The summed E-state index contributed by atoms with van der Waals surface area (Å²) in [6.07, 6.45) is -3.18. The molecule has 242 valence electrons. The van der Waals surface area contributed by atoms with Gasteiger partial charge in [0.1, 0.15) is 21.9 Å². The number of nitrogens with one attached hydrogen (secondary N) is 3. The smallest absolute Gasteiger partial charge is 0.369 e. The van der Waals surface area contributed by atoms with Crippen molar-refractivity contribution < 1.29 is 41.1 Å². The van der Waals surface area contributed by atoms with E-state index >= 15 is 4.39 Å². The fraction of sp³-hybridized carbons (Fsp3) is 0.300. The van der Waals surface area contributed by atoms with Gasteiger partial charge in [-0.2, -0.15) is 13.2 Å². The average Bonchev–Trinajstić information content (AvgIpc) is 3.55. The minimum atomic E-state index is -4.62. The molecule has 1 fully saturated rings. The monoisotopic (exact) mass is 693 g/mol. The molecule has 2 aromatic carbocycles. The number of carbonyl (C=O) groups excluding carboxylic acids is 3. The lowest BCUT2D eigenvalue weighted by Gasteiger charge is -2.15. The lowest BCUT2D eigenvalue weighted by atomic mass is 10.1. The van der Waals surface area contributed by atoms with Gasteiger partial charge in [0.05, 0.1) is 22.7 Å². The molecule has 15 heteroatoms. The minimum absolute atomic E-state index is 0.0109. The highest BCUT2D eigenvalue weighted by Crippen LogP contribution is 2.65. The van der Waals surface area contributed by atoms with E-state index in [9.17, 15) is 31.9 Å². The van der Waals surface area contributed by atoms with Crippen LogP contribution in [0.15, 0.2) is 71.4 Å². The second-order valence-electron chi connectivity index (χ2n) is 9.77. The van der Waals surface area contributed by atoms with Crippen LogP contribution < -0.4 is 16.0 Å². The van der Waals surface area contributed by atoms with E-state index < -0.39 is 74.7 Å². The fourth-order valence-corrected chi connectivity index (χ4v) is 5.28. The van der Waals surface area contributed by atoms with Crippen LogP contribution in [0.1, 0.15) is 37.8 Å². The van der Waals surface area contributed by atoms with Crippen molar-refractivity contribution in [2.24, 2.45) is 5.92 Å². The molecule has 0 radical (unpaired) electrons. The van der Waals surface area contributed by atoms with Crippen molar-refractivity contribution in [3.05, 3.63) is 94.2 Å². The second-order valence-corrected chi connectivity index (χ2v) is 11.7. The van der Waals surface area contributed by atoms with E-state index in [-0.39, 0.29) is 28.5 Å². The first-order valence-electron chi connectivity index (χ1n) is 13.2. The molecule has 3 amide bonds. The molecule has 0 bridgehead atoms. The highest BCUT2D eigenvalue weighted by atomic mass is 35.5. The van der Waals surface area contributed by atoms with Crippen molar-refractivity contribution in [3.63, 3.8) is 0 Å². The van der Waals surface area contributed by atoms with Gasteiger partial charge in [-0.15, -0.1) is 23.2 Å². The van der Waals surface area contributed by atoms with Crippen LogP contribution in [0.25, 0.3) is 0 Å². The molecule has 1 saturated carbocycles. The summed E-state index contributed by atoms with van der Waals surface area (Å²) < 4.78 is 72.5. The molecule has 3 rings (SSSR count). The third-order valence-electron chi connectivity index (χ3n) is 6.70. The van der Waals surface area contributed by atoms with Crippen LogP contribution >= 0.6 is 34.8 Å². The number of carbonyl (C=O) groups is 3. The summed E-state index contributed by atoms with van der Waals surface area (Å²) in [5.41, 5.74) is -2.54. The predicted molar refractivity (Wildman–Crippen MR) is 162 cm³/mol. The zero-order valence-electron chi connectivity index (χ0n) is 23.9. The highest BCUT2D eigenvalue weighted by molar-refractivity contribution is 6.53. The van der Waals surface area contributed by atoms with Crippen molar-refractivity contribution in [2.45, 2.75) is 43.3 Å². The number of halogens is 8. The summed E-state index contributed by atoms with van der Waals surface area (Å²) in [4.78, 5) is 38.4. The molecular formula is C30H27Cl3F5N3O4. The molecule has 7 nitrogen and oxygen atoms in total. The number of ether oxygens (including phenoxy) is 1. The molecular weight excluding hydrogens is 668 g/mol. The Hall–Kier alpha value is -3.45. The van der Waals surface area contributed by atoms with Gasteiger partial charge in [-0.3, -0.25) is 14.4 Å². The Morgan fingerprint density at radius 3 is 2.38 bits per heavy atom. The molecule has 2 aromatic rings. The number of allylic oxidation sites excluding steroid dienone is 2. The molecule has 0 aromatic heterocycles. The highest BCUT2D eigenvalue weighted by Gasteiger charge is 2.67. The molecule has 1 unspecified atom stereocenters. The summed E-state index contributed by atoms with van der Waals surface area (Å²) in [6, 6.07) is 6.01. The zero-order chi connectivity index (χ0) is 33.9. The standard InChI is InChI=1S/C30H27Cl3F5N3O4/c1-5-18(39-28(44)23-22(29(23,32)33)16-8-7-9-17(12-16)30(36,37)38)13-19(14(3)31)27(43)40-21-11-10-20(34)25(24(21)35)41-26(42)15(4)45-6-2/h5,7-13,15,22-23H,3,6H2,1-2,4H3,(H,39,44)(H,40,43)(H,41,42)/b18-5+,19-13+/t15?,22-,23+/m0/s1. The van der Waals surface area contributed by atoms with Crippen molar-refractivity contribution in [3.8, 4) is 0 Å². The zero-order valence-corrected chi connectivity index (χ0v) is 26.2. The van der Waals surface area contributed by atoms with Gasteiger partial charge in [-0.05, 0) is 50.6 Å². The third kappa shape index (κ3) is 8.43. The second kappa shape index (κ2) is 14.3. The molecule has 0 saturated heterocycles. The minimum Gasteiger partial charge on any atom is -0.369 e. The van der Waals surface area contributed by atoms with Crippen molar-refractivity contribution in [1.82, 2.24) is 5.32 Å². The number of alkyl halides is 5. The Balaban J connectivity index is 1.80. The third-order valence-corrected chi connectivity index (χ3v) is 7.84. The van der Waals surface area contributed by atoms with Crippen LogP contribution in [0.3, 0.4) is 0 Å². The number of hydrogen-bond donors (Lipinski definition) is 3. The molecule has 45 heavy (non-hydrogen) atoms. The van der Waals surface area contributed by atoms with Crippen LogP contribution in [-0.2, 0) is 25.3 Å². The summed E-state index contributed by atoms with van der Waals surface area (Å²) in [6.45, 7) is 8.19. The first kappa shape index (κ1) is 36.0. The van der Waals surface area contributed by atoms with Crippen LogP contribution in [0.4, 0.5) is 33.3 Å². The fourth-order valence-electron chi connectivity index (χ4n) is 4.31. The molecule has 1 aliphatic carbocycles. The summed E-state index contributed by atoms with van der Waals surface area (Å²) in [7, 11) is 0. The topological polar surface area (TPSA) is 96.5 Å². The number of benzene rings is 2. The normalized spacial score (nSPS) is 18.6. The van der Waals surface area contributed by atoms with Crippen molar-refractivity contribution in [1.29, 1.82) is 0 Å². The van der Waals surface area contributed by atoms with Gasteiger partial charge in [0.2, 0.25) is 5.91 Å². The summed E-state index contributed by atoms with van der Waals surface area (Å²) in [5, 5.41) is 6.46. The van der Waals surface area contributed by atoms with Gasteiger partial charge in [-0.25, -0.2) is 8.78 Å². The van der Waals surface area contributed by atoms with Gasteiger partial charge >= 0.3 is 6.18 Å². The average molecular weight is 695 g/mol. The number of rotatable bonds is 11. The van der Waals surface area contributed by atoms with Gasteiger partial charge in [0, 0.05) is 23.3 Å². The van der Waals surface area contributed by atoms with Crippen molar-refractivity contribution >= 4 is 63.9 Å².